The Morgan fingerprint density at radius 2 is 1.32 bits per heavy atom. The van der Waals surface area contributed by atoms with Gasteiger partial charge in [-0.25, -0.2) is 0 Å². The lowest BCUT2D eigenvalue weighted by atomic mass is 9.63. The number of rotatable bonds is 8. The Balaban J connectivity index is 5.64. The topological polar surface area (TPSA) is 74.6 Å². The summed E-state index contributed by atoms with van der Waals surface area (Å²) in [4.78, 5) is 23.7. The van der Waals surface area contributed by atoms with E-state index in [2.05, 4.69) is 20.8 Å². The largest absolute Gasteiger partial charge is 0.481 e. The van der Waals surface area contributed by atoms with Crippen molar-refractivity contribution in [1.29, 1.82) is 0 Å². The van der Waals surface area contributed by atoms with Crippen LogP contribution >= 0.6 is 0 Å². The molecule has 0 aromatic heterocycles. The van der Waals surface area contributed by atoms with Gasteiger partial charge in [-0.05, 0) is 35.5 Å². The van der Waals surface area contributed by atoms with Gasteiger partial charge < -0.3 is 10.2 Å². The number of aliphatic carboxylic acids is 2. The van der Waals surface area contributed by atoms with Gasteiger partial charge in [-0.3, -0.25) is 9.59 Å². The number of carboxylic acid groups (broad SMARTS) is 2. The molecule has 0 fully saturated rings. The fourth-order valence-corrected chi connectivity index (χ4v) is 3.96. The molecule has 0 amide bonds. The van der Waals surface area contributed by atoms with Crippen LogP contribution in [-0.2, 0) is 9.59 Å². The minimum atomic E-state index is -1.00. The highest BCUT2D eigenvalue weighted by atomic mass is 16.4. The molecule has 0 aromatic rings. The molecule has 0 heterocycles. The quantitative estimate of drug-likeness (QED) is 0.690. The first kappa shape index (κ1) is 20.9. The van der Waals surface area contributed by atoms with E-state index >= 15 is 0 Å². The molecule has 4 heteroatoms. The van der Waals surface area contributed by atoms with Gasteiger partial charge in [-0.1, -0.05) is 55.4 Å². The SMILES string of the molecule is CC(C)CC(C)(C)C(C(=O)O)C(C(=O)O)C(C)CC(C)(C)C. The molecular weight excluding hydrogens is 280 g/mol. The number of carbonyl (C=O) groups is 2. The molecule has 2 N–H and O–H groups in total. The highest BCUT2D eigenvalue weighted by Crippen LogP contribution is 2.43. The fraction of sp³-hybridized carbons (Fsp3) is 0.889. The Kier molecular flexibility index (Phi) is 7.11. The molecule has 0 saturated heterocycles. The number of carboxylic acids is 2. The third-order valence-electron chi connectivity index (χ3n) is 4.23. The van der Waals surface area contributed by atoms with E-state index in [1.54, 1.807) is 0 Å². The lowest BCUT2D eigenvalue weighted by Crippen LogP contribution is -2.44. The van der Waals surface area contributed by atoms with E-state index in [9.17, 15) is 19.8 Å². The Morgan fingerprint density at radius 3 is 1.59 bits per heavy atom. The Morgan fingerprint density at radius 1 is 0.864 bits per heavy atom. The number of hydrogen-bond acceptors (Lipinski definition) is 2. The van der Waals surface area contributed by atoms with E-state index in [4.69, 9.17) is 0 Å². The van der Waals surface area contributed by atoms with Gasteiger partial charge in [0.05, 0.1) is 11.8 Å². The van der Waals surface area contributed by atoms with E-state index in [-0.39, 0.29) is 11.3 Å². The average molecular weight is 314 g/mol. The second kappa shape index (κ2) is 7.47. The summed E-state index contributed by atoms with van der Waals surface area (Å²) in [5.41, 5.74) is -0.590. The molecule has 130 valence electrons. The maximum atomic E-state index is 11.9. The van der Waals surface area contributed by atoms with Crippen molar-refractivity contribution in [2.45, 2.75) is 68.2 Å². The van der Waals surface area contributed by atoms with Crippen LogP contribution in [0.15, 0.2) is 0 Å². The highest BCUT2D eigenvalue weighted by Gasteiger charge is 2.47. The first-order valence-electron chi connectivity index (χ1n) is 8.14. The molecule has 0 radical (unpaired) electrons. The molecule has 3 atom stereocenters. The summed E-state index contributed by atoms with van der Waals surface area (Å²) in [6, 6.07) is 0. The summed E-state index contributed by atoms with van der Waals surface area (Å²) < 4.78 is 0. The van der Waals surface area contributed by atoms with Crippen molar-refractivity contribution in [1.82, 2.24) is 0 Å². The standard InChI is InChI=1S/C18H34O4/c1-11(2)9-18(7,8)14(16(21)22)13(15(19)20)12(3)10-17(4,5)6/h11-14H,9-10H2,1-8H3,(H,19,20)(H,21,22). The lowest BCUT2D eigenvalue weighted by molar-refractivity contribution is -0.162. The first-order chi connectivity index (χ1) is 9.69. The summed E-state index contributed by atoms with van der Waals surface area (Å²) in [6.07, 6.45) is 1.38. The average Bonchev–Trinajstić information content (AvgIpc) is 2.18. The zero-order chi connectivity index (χ0) is 17.9. The monoisotopic (exact) mass is 314 g/mol. The number of hydrogen-bond donors (Lipinski definition) is 2. The summed E-state index contributed by atoms with van der Waals surface area (Å²) in [7, 11) is 0. The minimum absolute atomic E-state index is 0.0294. The molecule has 0 saturated carbocycles. The van der Waals surface area contributed by atoms with E-state index < -0.39 is 29.2 Å². The summed E-state index contributed by atoms with van der Waals surface area (Å²) in [5.74, 6) is -3.62. The van der Waals surface area contributed by atoms with E-state index in [1.807, 2.05) is 34.6 Å². The normalized spacial score (nSPS) is 17.1. The smallest absolute Gasteiger partial charge is 0.307 e. The first-order valence-corrected chi connectivity index (χ1v) is 8.14. The second-order valence-electron chi connectivity index (χ2n) is 9.01. The molecule has 4 nitrogen and oxygen atoms in total. The van der Waals surface area contributed by atoms with Crippen LogP contribution in [0.1, 0.15) is 68.2 Å². The third kappa shape index (κ3) is 6.37. The van der Waals surface area contributed by atoms with Crippen LogP contribution in [0, 0.1) is 34.5 Å². The van der Waals surface area contributed by atoms with Gasteiger partial charge in [-0.15, -0.1) is 0 Å². The highest BCUT2D eigenvalue weighted by molar-refractivity contribution is 5.80. The molecule has 0 rings (SSSR count). The molecule has 3 unspecified atom stereocenters. The predicted octanol–water partition coefficient (Wildman–Crippen LogP) is 4.53. The molecule has 0 aromatic carbocycles. The summed E-state index contributed by atoms with van der Waals surface area (Å²) >= 11 is 0. The molecule has 22 heavy (non-hydrogen) atoms. The summed E-state index contributed by atoms with van der Waals surface area (Å²) in [6.45, 7) is 15.9. The van der Waals surface area contributed by atoms with Gasteiger partial charge in [0, 0.05) is 0 Å². The van der Waals surface area contributed by atoms with Gasteiger partial charge in [0.15, 0.2) is 0 Å². The van der Waals surface area contributed by atoms with Crippen LogP contribution < -0.4 is 0 Å². The van der Waals surface area contributed by atoms with Crippen LogP contribution in [0.5, 0.6) is 0 Å². The second-order valence-corrected chi connectivity index (χ2v) is 9.01. The van der Waals surface area contributed by atoms with Gasteiger partial charge in [0.2, 0.25) is 0 Å². The van der Waals surface area contributed by atoms with Crippen LogP contribution in [0.25, 0.3) is 0 Å². The fourth-order valence-electron chi connectivity index (χ4n) is 3.96. The van der Waals surface area contributed by atoms with E-state index in [0.29, 0.717) is 18.8 Å². The van der Waals surface area contributed by atoms with Crippen LogP contribution in [0.2, 0.25) is 0 Å². The maximum absolute atomic E-state index is 11.9. The molecule has 0 aliphatic carbocycles. The minimum Gasteiger partial charge on any atom is -0.481 e. The zero-order valence-electron chi connectivity index (χ0n) is 15.4. The molecule has 0 aliphatic rings. The van der Waals surface area contributed by atoms with E-state index in [0.717, 1.165) is 0 Å². The van der Waals surface area contributed by atoms with Gasteiger partial charge >= 0.3 is 11.9 Å². The zero-order valence-corrected chi connectivity index (χ0v) is 15.4. The molecule has 0 spiro atoms. The van der Waals surface area contributed by atoms with E-state index in [1.165, 1.54) is 0 Å². The van der Waals surface area contributed by atoms with Gasteiger partial charge in [0.25, 0.3) is 0 Å². The van der Waals surface area contributed by atoms with Crippen molar-refractivity contribution in [3.63, 3.8) is 0 Å². The molecular formula is C18H34O4. The predicted molar refractivity (Wildman–Crippen MR) is 88.7 cm³/mol. The molecule has 0 aliphatic heterocycles. The summed E-state index contributed by atoms with van der Waals surface area (Å²) in [5, 5.41) is 19.4. The third-order valence-corrected chi connectivity index (χ3v) is 4.23. The van der Waals surface area contributed by atoms with Crippen LogP contribution in [0.4, 0.5) is 0 Å². The van der Waals surface area contributed by atoms with Gasteiger partial charge in [0.1, 0.15) is 0 Å². The van der Waals surface area contributed by atoms with Crippen molar-refractivity contribution in [2.24, 2.45) is 34.5 Å². The van der Waals surface area contributed by atoms with Crippen molar-refractivity contribution < 1.29 is 19.8 Å². The van der Waals surface area contributed by atoms with Crippen LogP contribution in [0.3, 0.4) is 0 Å². The van der Waals surface area contributed by atoms with Crippen molar-refractivity contribution >= 4 is 11.9 Å². The lowest BCUT2D eigenvalue weighted by Gasteiger charge is -2.39. The van der Waals surface area contributed by atoms with Crippen molar-refractivity contribution in [2.75, 3.05) is 0 Å². The Hall–Kier alpha value is -1.06. The Bertz CT molecular complexity index is 390. The Labute approximate surface area is 135 Å². The van der Waals surface area contributed by atoms with Crippen LogP contribution in [-0.4, -0.2) is 22.2 Å². The van der Waals surface area contributed by atoms with Crippen molar-refractivity contribution in [3.8, 4) is 0 Å². The van der Waals surface area contributed by atoms with Gasteiger partial charge in [-0.2, -0.15) is 0 Å². The molecule has 0 bridgehead atoms. The maximum Gasteiger partial charge on any atom is 0.307 e. The van der Waals surface area contributed by atoms with Crippen molar-refractivity contribution in [3.05, 3.63) is 0 Å².